The second-order valence-corrected chi connectivity index (χ2v) is 8.52. The highest BCUT2D eigenvalue weighted by atomic mass is 16.5. The molecule has 3 saturated carbocycles. The van der Waals surface area contributed by atoms with Gasteiger partial charge in [-0.2, -0.15) is 0 Å². The van der Waals surface area contributed by atoms with Crippen LogP contribution in [0.25, 0.3) is 11.1 Å². The van der Waals surface area contributed by atoms with Crippen LogP contribution in [0.15, 0.2) is 48.5 Å². The standard InChI is InChI=1S/C23H23NO4/c25-20(26)22-10-5-11-23(13-22,14-22)24-21(27)28-12-19-17-8-3-1-6-15(17)16-7-2-4-9-18(16)19/h1-4,6-9,19H,5,10-14H2,(H,24,27)(H,25,26). The van der Waals surface area contributed by atoms with E-state index in [0.717, 1.165) is 12.8 Å². The summed E-state index contributed by atoms with van der Waals surface area (Å²) in [6, 6.07) is 16.5. The second kappa shape index (κ2) is 6.09. The first kappa shape index (κ1) is 17.3. The van der Waals surface area contributed by atoms with E-state index in [2.05, 4.69) is 29.6 Å². The van der Waals surface area contributed by atoms with Crippen LogP contribution >= 0.6 is 0 Å². The molecule has 6 rings (SSSR count). The van der Waals surface area contributed by atoms with Crippen molar-refractivity contribution in [1.29, 1.82) is 0 Å². The molecule has 2 aromatic rings. The number of nitrogens with one attached hydrogen (secondary N) is 1. The van der Waals surface area contributed by atoms with Gasteiger partial charge in [0.25, 0.3) is 0 Å². The molecule has 28 heavy (non-hydrogen) atoms. The molecule has 0 heterocycles. The van der Waals surface area contributed by atoms with E-state index in [-0.39, 0.29) is 12.5 Å². The summed E-state index contributed by atoms with van der Waals surface area (Å²) in [5.74, 6) is -0.710. The van der Waals surface area contributed by atoms with Gasteiger partial charge in [0.1, 0.15) is 6.61 Å². The lowest BCUT2D eigenvalue weighted by atomic mass is 9.50. The van der Waals surface area contributed by atoms with Gasteiger partial charge in [0.15, 0.2) is 0 Å². The Morgan fingerprint density at radius 3 is 2.21 bits per heavy atom. The van der Waals surface area contributed by atoms with E-state index < -0.39 is 23.0 Å². The normalized spacial score (nSPS) is 27.3. The molecule has 0 radical (unpaired) electrons. The van der Waals surface area contributed by atoms with Crippen molar-refractivity contribution < 1.29 is 19.4 Å². The lowest BCUT2D eigenvalue weighted by molar-refractivity contribution is -0.167. The summed E-state index contributed by atoms with van der Waals surface area (Å²) in [5, 5.41) is 12.5. The average molecular weight is 377 g/mol. The number of hydrogen-bond acceptors (Lipinski definition) is 3. The number of hydrogen-bond donors (Lipinski definition) is 2. The first-order valence-corrected chi connectivity index (χ1v) is 9.89. The molecular formula is C23H23NO4. The van der Waals surface area contributed by atoms with Crippen molar-refractivity contribution >= 4 is 12.1 Å². The molecule has 0 saturated heterocycles. The molecule has 5 nitrogen and oxygen atoms in total. The maximum Gasteiger partial charge on any atom is 0.407 e. The van der Waals surface area contributed by atoms with Gasteiger partial charge in [0.05, 0.1) is 5.41 Å². The third-order valence-electron chi connectivity index (χ3n) is 6.83. The number of rotatable bonds is 4. The van der Waals surface area contributed by atoms with Crippen LogP contribution in [0, 0.1) is 5.41 Å². The monoisotopic (exact) mass is 377 g/mol. The number of carboxylic acids is 1. The van der Waals surface area contributed by atoms with Gasteiger partial charge in [-0.1, -0.05) is 48.5 Å². The first-order valence-electron chi connectivity index (χ1n) is 9.89. The molecule has 4 aliphatic carbocycles. The van der Waals surface area contributed by atoms with E-state index in [1.165, 1.54) is 22.3 Å². The predicted molar refractivity (Wildman–Crippen MR) is 104 cm³/mol. The molecule has 2 aromatic carbocycles. The molecule has 5 heteroatoms. The molecule has 1 amide bonds. The van der Waals surface area contributed by atoms with E-state index in [0.29, 0.717) is 19.3 Å². The third-order valence-corrected chi connectivity index (χ3v) is 6.83. The van der Waals surface area contributed by atoms with Crippen LogP contribution in [0.3, 0.4) is 0 Å². The highest BCUT2D eigenvalue weighted by molar-refractivity contribution is 5.80. The van der Waals surface area contributed by atoms with Crippen LogP contribution in [-0.2, 0) is 9.53 Å². The Morgan fingerprint density at radius 2 is 1.61 bits per heavy atom. The van der Waals surface area contributed by atoms with Crippen LogP contribution in [0.5, 0.6) is 0 Å². The number of aliphatic carboxylic acids is 1. The number of carbonyl (C=O) groups excluding carboxylic acids is 1. The molecule has 0 spiro atoms. The Labute approximate surface area is 163 Å². The summed E-state index contributed by atoms with van der Waals surface area (Å²) in [4.78, 5) is 24.0. The molecule has 3 fully saturated rings. The van der Waals surface area contributed by atoms with Gasteiger partial charge >= 0.3 is 12.1 Å². The topological polar surface area (TPSA) is 75.6 Å². The zero-order chi connectivity index (χ0) is 19.4. The van der Waals surface area contributed by atoms with Gasteiger partial charge in [-0.3, -0.25) is 4.79 Å². The van der Waals surface area contributed by atoms with Crippen LogP contribution in [0.4, 0.5) is 4.79 Å². The molecular weight excluding hydrogens is 354 g/mol. The SMILES string of the molecule is O=C(NC12CCCC(C(=O)O)(C1)C2)OCC1c2ccccc2-c2ccccc21. The predicted octanol–water partition coefficient (Wildman–Crippen LogP) is 4.31. The molecule has 0 aliphatic heterocycles. The molecule has 2 bridgehead atoms. The minimum absolute atomic E-state index is 0.0292. The zero-order valence-corrected chi connectivity index (χ0v) is 15.6. The Balaban J connectivity index is 1.27. The minimum Gasteiger partial charge on any atom is -0.481 e. The van der Waals surface area contributed by atoms with Gasteiger partial charge < -0.3 is 15.2 Å². The van der Waals surface area contributed by atoms with Gasteiger partial charge in [-0.15, -0.1) is 0 Å². The number of benzene rings is 2. The maximum absolute atomic E-state index is 12.5. The van der Waals surface area contributed by atoms with E-state index in [1.54, 1.807) is 0 Å². The number of ether oxygens (including phenoxy) is 1. The fourth-order valence-corrected chi connectivity index (χ4v) is 5.62. The Morgan fingerprint density at radius 1 is 1.00 bits per heavy atom. The minimum atomic E-state index is -0.739. The molecule has 0 aromatic heterocycles. The summed E-state index contributed by atoms with van der Waals surface area (Å²) in [6.45, 7) is 0.278. The smallest absolute Gasteiger partial charge is 0.407 e. The summed E-state index contributed by atoms with van der Waals surface area (Å²) in [6.07, 6.45) is 2.94. The van der Waals surface area contributed by atoms with Crippen LogP contribution in [0.1, 0.15) is 49.1 Å². The summed E-state index contributed by atoms with van der Waals surface area (Å²) >= 11 is 0. The summed E-state index contributed by atoms with van der Waals surface area (Å²) in [5.41, 5.74) is 3.71. The van der Waals surface area contributed by atoms with Crippen molar-refractivity contribution in [2.75, 3.05) is 6.61 Å². The molecule has 0 atom stereocenters. The maximum atomic E-state index is 12.5. The fourth-order valence-electron chi connectivity index (χ4n) is 5.62. The number of fused-ring (bicyclic) bond motifs is 5. The van der Waals surface area contributed by atoms with Gasteiger partial charge in [0, 0.05) is 11.5 Å². The highest BCUT2D eigenvalue weighted by Crippen LogP contribution is 2.58. The van der Waals surface area contributed by atoms with E-state index in [1.807, 2.05) is 24.3 Å². The lowest BCUT2D eigenvalue weighted by Gasteiger charge is -2.58. The molecule has 2 N–H and O–H groups in total. The number of carboxylic acid groups (broad SMARTS) is 1. The number of amides is 1. The first-order chi connectivity index (χ1) is 13.5. The zero-order valence-electron chi connectivity index (χ0n) is 15.6. The van der Waals surface area contributed by atoms with Crippen molar-refractivity contribution in [3.8, 4) is 11.1 Å². The lowest BCUT2D eigenvalue weighted by Crippen LogP contribution is -2.66. The molecule has 4 aliphatic rings. The highest BCUT2D eigenvalue weighted by Gasteiger charge is 2.62. The Hall–Kier alpha value is -2.82. The van der Waals surface area contributed by atoms with E-state index in [9.17, 15) is 14.7 Å². The van der Waals surface area contributed by atoms with Crippen molar-refractivity contribution in [3.63, 3.8) is 0 Å². The Kier molecular flexibility index (Phi) is 3.76. The van der Waals surface area contributed by atoms with Crippen LogP contribution in [-0.4, -0.2) is 29.3 Å². The summed E-state index contributed by atoms with van der Waals surface area (Å²) < 4.78 is 5.63. The third kappa shape index (κ3) is 2.53. The van der Waals surface area contributed by atoms with Gasteiger partial charge in [-0.25, -0.2) is 4.79 Å². The van der Waals surface area contributed by atoms with Crippen LogP contribution in [0.2, 0.25) is 0 Å². The van der Waals surface area contributed by atoms with Gasteiger partial charge in [-0.05, 0) is 54.4 Å². The molecule has 0 unspecified atom stereocenters. The molecule has 144 valence electrons. The van der Waals surface area contributed by atoms with Crippen molar-refractivity contribution in [1.82, 2.24) is 5.32 Å². The van der Waals surface area contributed by atoms with E-state index in [4.69, 9.17) is 4.74 Å². The largest absolute Gasteiger partial charge is 0.481 e. The Bertz CT molecular complexity index is 915. The second-order valence-electron chi connectivity index (χ2n) is 8.52. The summed E-state index contributed by atoms with van der Waals surface area (Å²) in [7, 11) is 0. The van der Waals surface area contributed by atoms with Crippen LogP contribution < -0.4 is 5.32 Å². The number of alkyl carbamates (subject to hydrolysis) is 1. The van der Waals surface area contributed by atoms with E-state index >= 15 is 0 Å². The van der Waals surface area contributed by atoms with Crippen molar-refractivity contribution in [2.24, 2.45) is 5.41 Å². The fraction of sp³-hybridized carbons (Fsp3) is 0.391. The number of carbonyl (C=O) groups is 2. The van der Waals surface area contributed by atoms with Crippen molar-refractivity contribution in [3.05, 3.63) is 59.7 Å². The van der Waals surface area contributed by atoms with Gasteiger partial charge in [0.2, 0.25) is 0 Å². The quantitative estimate of drug-likeness (QED) is 0.832. The average Bonchev–Trinajstić information content (AvgIpc) is 3.00. The van der Waals surface area contributed by atoms with Crippen molar-refractivity contribution in [2.45, 2.75) is 43.6 Å².